The second-order valence-electron chi connectivity index (χ2n) is 4.61. The third-order valence-electron chi connectivity index (χ3n) is 2.90. The average molecular weight is 341 g/mol. The number of nitrogens with zero attached hydrogens (tertiary/aromatic N) is 2. The zero-order valence-electron chi connectivity index (χ0n) is 12.4. The minimum Gasteiger partial charge on any atom is -0.382 e. The molecule has 0 aliphatic rings. The SMILES string of the molecule is N#C/C(=N\Nc1cccc(NC(=O)c2ccccc2Cl)c1)C(=N)N. The number of carbonyl (C=O) groups excluding carboxylic acids is 1. The van der Waals surface area contributed by atoms with Crippen molar-refractivity contribution in [1.29, 1.82) is 10.7 Å². The lowest BCUT2D eigenvalue weighted by Crippen LogP contribution is -2.21. The first-order valence-electron chi connectivity index (χ1n) is 6.75. The molecule has 0 saturated carbocycles. The summed E-state index contributed by atoms with van der Waals surface area (Å²) in [7, 11) is 0. The van der Waals surface area contributed by atoms with E-state index in [1.807, 2.05) is 0 Å². The number of hydrogen-bond donors (Lipinski definition) is 4. The molecule has 0 aromatic heterocycles. The van der Waals surface area contributed by atoms with E-state index in [0.717, 1.165) is 0 Å². The molecule has 1 amide bonds. The predicted molar refractivity (Wildman–Crippen MR) is 94.4 cm³/mol. The van der Waals surface area contributed by atoms with Crippen LogP contribution < -0.4 is 16.5 Å². The van der Waals surface area contributed by atoms with Gasteiger partial charge in [-0.05, 0) is 30.3 Å². The van der Waals surface area contributed by atoms with Crippen LogP contribution in [-0.4, -0.2) is 17.5 Å². The molecule has 2 aromatic carbocycles. The molecule has 0 heterocycles. The van der Waals surface area contributed by atoms with E-state index in [-0.39, 0.29) is 11.6 Å². The van der Waals surface area contributed by atoms with Gasteiger partial charge in [0.15, 0.2) is 5.84 Å². The number of nitrogens with two attached hydrogens (primary N) is 1. The predicted octanol–water partition coefficient (Wildman–Crippen LogP) is 2.82. The Labute approximate surface area is 143 Å². The van der Waals surface area contributed by atoms with Crippen LogP contribution in [0, 0.1) is 16.7 Å². The number of carbonyl (C=O) groups is 1. The lowest BCUT2D eigenvalue weighted by atomic mass is 10.2. The van der Waals surface area contributed by atoms with E-state index in [9.17, 15) is 4.79 Å². The Morgan fingerprint density at radius 2 is 1.92 bits per heavy atom. The molecule has 24 heavy (non-hydrogen) atoms. The molecule has 0 spiro atoms. The van der Waals surface area contributed by atoms with Crippen molar-refractivity contribution in [2.24, 2.45) is 10.8 Å². The lowest BCUT2D eigenvalue weighted by Gasteiger charge is -2.08. The van der Waals surface area contributed by atoms with Crippen molar-refractivity contribution in [2.45, 2.75) is 0 Å². The second kappa shape index (κ2) is 7.76. The maximum atomic E-state index is 12.2. The lowest BCUT2D eigenvalue weighted by molar-refractivity contribution is 0.102. The second-order valence-corrected chi connectivity index (χ2v) is 5.02. The number of hydrogen-bond acceptors (Lipinski definition) is 5. The zero-order valence-corrected chi connectivity index (χ0v) is 13.1. The van der Waals surface area contributed by atoms with Crippen molar-refractivity contribution in [3.63, 3.8) is 0 Å². The van der Waals surface area contributed by atoms with Crippen molar-refractivity contribution >= 4 is 40.4 Å². The molecule has 7 nitrogen and oxygen atoms in total. The van der Waals surface area contributed by atoms with E-state index in [0.29, 0.717) is 22.0 Å². The van der Waals surface area contributed by atoms with Crippen molar-refractivity contribution in [1.82, 2.24) is 0 Å². The van der Waals surface area contributed by atoms with Gasteiger partial charge in [0.25, 0.3) is 5.91 Å². The normalized spacial score (nSPS) is 10.6. The van der Waals surface area contributed by atoms with Gasteiger partial charge in [-0.2, -0.15) is 10.4 Å². The van der Waals surface area contributed by atoms with Crippen LogP contribution in [0.25, 0.3) is 0 Å². The Bertz CT molecular complexity index is 856. The maximum Gasteiger partial charge on any atom is 0.257 e. The third-order valence-corrected chi connectivity index (χ3v) is 3.23. The van der Waals surface area contributed by atoms with Crippen molar-refractivity contribution in [2.75, 3.05) is 10.7 Å². The molecule has 2 aromatic rings. The van der Waals surface area contributed by atoms with Crippen LogP contribution in [0.2, 0.25) is 5.02 Å². The van der Waals surface area contributed by atoms with Crippen LogP contribution >= 0.6 is 11.6 Å². The van der Waals surface area contributed by atoms with E-state index in [1.165, 1.54) is 0 Å². The van der Waals surface area contributed by atoms with Gasteiger partial charge in [0.2, 0.25) is 5.71 Å². The summed E-state index contributed by atoms with van der Waals surface area (Å²) < 4.78 is 0. The molecular weight excluding hydrogens is 328 g/mol. The summed E-state index contributed by atoms with van der Waals surface area (Å²) in [5, 5.41) is 22.8. The first kappa shape index (κ1) is 17.0. The van der Waals surface area contributed by atoms with Crippen LogP contribution in [0.1, 0.15) is 10.4 Å². The molecular formula is C16H13ClN6O. The number of nitrogens with one attached hydrogen (secondary N) is 3. The Kier molecular flexibility index (Phi) is 5.49. The van der Waals surface area contributed by atoms with E-state index in [1.54, 1.807) is 54.6 Å². The first-order valence-corrected chi connectivity index (χ1v) is 7.13. The fourth-order valence-electron chi connectivity index (χ4n) is 1.78. The highest BCUT2D eigenvalue weighted by Crippen LogP contribution is 2.19. The molecule has 0 aliphatic carbocycles. The summed E-state index contributed by atoms with van der Waals surface area (Å²) in [4.78, 5) is 12.2. The van der Waals surface area contributed by atoms with Gasteiger partial charge in [0.05, 0.1) is 16.3 Å². The van der Waals surface area contributed by atoms with Gasteiger partial charge >= 0.3 is 0 Å². The summed E-state index contributed by atoms with van der Waals surface area (Å²) in [6.45, 7) is 0. The van der Waals surface area contributed by atoms with Crippen molar-refractivity contribution in [3.05, 3.63) is 59.1 Å². The Balaban J connectivity index is 2.14. The van der Waals surface area contributed by atoms with Gasteiger partial charge in [0.1, 0.15) is 6.07 Å². The highest BCUT2D eigenvalue weighted by Gasteiger charge is 2.10. The van der Waals surface area contributed by atoms with Gasteiger partial charge in [0, 0.05) is 5.69 Å². The molecule has 0 radical (unpaired) electrons. The van der Waals surface area contributed by atoms with Gasteiger partial charge in [-0.1, -0.05) is 29.8 Å². The Hall–Kier alpha value is -3.37. The number of amidine groups is 1. The van der Waals surface area contributed by atoms with Crippen LogP contribution in [0.15, 0.2) is 53.6 Å². The Morgan fingerprint density at radius 3 is 2.58 bits per heavy atom. The molecule has 0 atom stereocenters. The van der Waals surface area contributed by atoms with E-state index in [2.05, 4.69) is 15.8 Å². The zero-order chi connectivity index (χ0) is 17.5. The molecule has 2 rings (SSSR count). The summed E-state index contributed by atoms with van der Waals surface area (Å²) in [6, 6.07) is 15.1. The fraction of sp³-hybridized carbons (Fsp3) is 0. The number of anilines is 2. The maximum absolute atomic E-state index is 12.2. The van der Waals surface area contributed by atoms with Gasteiger partial charge < -0.3 is 11.1 Å². The van der Waals surface area contributed by atoms with Crippen molar-refractivity contribution in [3.8, 4) is 6.07 Å². The summed E-state index contributed by atoms with van der Waals surface area (Å²) >= 11 is 5.99. The van der Waals surface area contributed by atoms with Crippen LogP contribution in [0.4, 0.5) is 11.4 Å². The van der Waals surface area contributed by atoms with Crippen LogP contribution in [0.5, 0.6) is 0 Å². The van der Waals surface area contributed by atoms with Crippen LogP contribution in [-0.2, 0) is 0 Å². The van der Waals surface area contributed by atoms with E-state index < -0.39 is 5.84 Å². The highest BCUT2D eigenvalue weighted by atomic mass is 35.5. The number of halogens is 1. The van der Waals surface area contributed by atoms with Gasteiger partial charge in [-0.25, -0.2) is 0 Å². The fourth-order valence-corrected chi connectivity index (χ4v) is 2.00. The molecule has 0 saturated heterocycles. The summed E-state index contributed by atoms with van der Waals surface area (Å²) in [5.74, 6) is -0.782. The first-order chi connectivity index (χ1) is 11.5. The van der Waals surface area contributed by atoms with Crippen LogP contribution in [0.3, 0.4) is 0 Å². The Morgan fingerprint density at radius 1 is 1.21 bits per heavy atom. The highest BCUT2D eigenvalue weighted by molar-refractivity contribution is 6.45. The molecule has 0 aliphatic heterocycles. The average Bonchev–Trinajstić information content (AvgIpc) is 2.56. The summed E-state index contributed by atoms with van der Waals surface area (Å²) in [5.41, 5.74) is 8.97. The molecule has 120 valence electrons. The smallest absolute Gasteiger partial charge is 0.257 e. The summed E-state index contributed by atoms with van der Waals surface area (Å²) in [6.07, 6.45) is 0. The molecule has 8 heteroatoms. The number of rotatable bonds is 5. The monoisotopic (exact) mass is 340 g/mol. The van der Waals surface area contributed by atoms with Crippen molar-refractivity contribution < 1.29 is 4.79 Å². The van der Waals surface area contributed by atoms with Gasteiger partial charge in [-0.15, -0.1) is 0 Å². The molecule has 0 unspecified atom stereocenters. The topological polar surface area (TPSA) is 127 Å². The quantitative estimate of drug-likeness (QED) is 0.379. The van der Waals surface area contributed by atoms with Gasteiger partial charge in [-0.3, -0.25) is 15.6 Å². The van der Waals surface area contributed by atoms with E-state index in [4.69, 9.17) is 28.0 Å². The molecule has 0 bridgehead atoms. The standard InChI is InChI=1S/C16H13ClN6O/c17-13-7-2-1-6-12(13)16(24)21-10-4-3-5-11(8-10)22-23-14(9-18)15(19)20/h1-8,22H,(H3,19,20)(H,21,24)/b23-14+. The minimum atomic E-state index is -0.437. The third kappa shape index (κ3) is 4.32. The molecule has 5 N–H and O–H groups in total. The number of benzene rings is 2. The number of nitriles is 1. The molecule has 0 fully saturated rings. The van der Waals surface area contributed by atoms with E-state index >= 15 is 0 Å². The number of amides is 1. The minimum absolute atomic E-state index is 0.236. The number of hydrazone groups is 1. The largest absolute Gasteiger partial charge is 0.382 e.